The molecule has 1 aromatic carbocycles. The van der Waals surface area contributed by atoms with Gasteiger partial charge in [-0.25, -0.2) is 9.97 Å². The molecule has 2 fully saturated rings. The summed E-state index contributed by atoms with van der Waals surface area (Å²) in [4.78, 5) is 18.9. The van der Waals surface area contributed by atoms with Crippen molar-refractivity contribution >= 4 is 22.5 Å². The minimum Gasteiger partial charge on any atom is -0.378 e. The summed E-state index contributed by atoms with van der Waals surface area (Å²) < 4.78 is 5.46. The molecule has 5 rings (SSSR count). The van der Waals surface area contributed by atoms with E-state index in [1.165, 1.54) is 12.1 Å². The quantitative estimate of drug-likeness (QED) is 0.716. The Labute approximate surface area is 176 Å². The van der Waals surface area contributed by atoms with Gasteiger partial charge in [0.15, 0.2) is 5.82 Å². The van der Waals surface area contributed by atoms with Crippen LogP contribution in [-0.2, 0) is 4.74 Å². The number of aromatic nitrogens is 3. The summed E-state index contributed by atoms with van der Waals surface area (Å²) in [6.07, 6.45) is 5.80. The summed E-state index contributed by atoms with van der Waals surface area (Å²) in [6.45, 7) is 6.06. The van der Waals surface area contributed by atoms with Gasteiger partial charge in [-0.05, 0) is 43.5 Å². The third kappa shape index (κ3) is 3.82. The molecule has 30 heavy (non-hydrogen) atoms. The van der Waals surface area contributed by atoms with Crippen molar-refractivity contribution in [2.75, 3.05) is 55.7 Å². The van der Waals surface area contributed by atoms with Crippen LogP contribution in [0.3, 0.4) is 0 Å². The minimum atomic E-state index is 0.503. The number of hydrogen-bond donors (Lipinski definition) is 1. The van der Waals surface area contributed by atoms with Crippen LogP contribution in [0.1, 0.15) is 12.8 Å². The Morgan fingerprint density at radius 2 is 1.80 bits per heavy atom. The maximum Gasteiger partial charge on any atom is 0.157 e. The topological polar surface area (TPSA) is 80.4 Å². The molecule has 0 saturated carbocycles. The average Bonchev–Trinajstić information content (AvgIpc) is 2.84. The number of benzene rings is 1. The molecule has 7 heteroatoms. The molecule has 0 amide bonds. The predicted octanol–water partition coefficient (Wildman–Crippen LogP) is 2.70. The van der Waals surface area contributed by atoms with Gasteiger partial charge in [-0.2, -0.15) is 0 Å². The highest BCUT2D eigenvalue weighted by Gasteiger charge is 2.23. The number of hydrogen-bond acceptors (Lipinski definition) is 7. The second-order valence-corrected chi connectivity index (χ2v) is 8.09. The highest BCUT2D eigenvalue weighted by molar-refractivity contribution is 5.89. The lowest BCUT2D eigenvalue weighted by Gasteiger charge is -2.33. The van der Waals surface area contributed by atoms with E-state index in [1.54, 1.807) is 12.4 Å². The molecule has 7 nitrogen and oxygen atoms in total. The number of piperidine rings is 1. The number of nitrogens with two attached hydrogens (primary N) is 1. The normalized spacial score (nSPS) is 20.0. The summed E-state index contributed by atoms with van der Waals surface area (Å²) in [7, 11) is 0. The molecule has 156 valence electrons. The van der Waals surface area contributed by atoms with Crippen LogP contribution >= 0.6 is 0 Å². The van der Waals surface area contributed by atoms with Crippen molar-refractivity contribution in [1.29, 1.82) is 0 Å². The molecule has 0 aliphatic carbocycles. The maximum atomic E-state index is 5.97. The number of morpholine rings is 1. The molecule has 0 spiro atoms. The van der Waals surface area contributed by atoms with Gasteiger partial charge in [0.2, 0.25) is 0 Å². The van der Waals surface area contributed by atoms with Crippen molar-refractivity contribution in [1.82, 2.24) is 15.0 Å². The Morgan fingerprint density at radius 1 is 1.00 bits per heavy atom. The number of pyridine rings is 1. The van der Waals surface area contributed by atoms with E-state index < -0.39 is 0 Å². The molecular weight excluding hydrogens is 376 g/mol. The first-order valence-electron chi connectivity index (χ1n) is 10.8. The maximum absolute atomic E-state index is 5.97. The first-order valence-corrected chi connectivity index (χ1v) is 10.8. The standard InChI is InChI=1S/C23H28N6O/c24-15-17-2-1-9-29(16-17)23-22-21(25-7-8-26-22)14-20(27-23)18-3-5-19(6-4-18)28-10-12-30-13-11-28/h3-8,14,17H,1-2,9-13,15-16,24H2. The van der Waals surface area contributed by atoms with E-state index >= 15 is 0 Å². The Bertz CT molecular complexity index is 1000. The van der Waals surface area contributed by atoms with Gasteiger partial charge in [-0.3, -0.25) is 4.98 Å². The largest absolute Gasteiger partial charge is 0.378 e. The lowest BCUT2D eigenvalue weighted by molar-refractivity contribution is 0.122. The SMILES string of the molecule is NCC1CCCN(c2nc(-c3ccc(N4CCOCC4)cc3)cc3nccnc23)C1. The van der Waals surface area contributed by atoms with E-state index in [2.05, 4.69) is 44.0 Å². The summed E-state index contributed by atoms with van der Waals surface area (Å²) in [5.74, 6) is 1.43. The second-order valence-electron chi connectivity index (χ2n) is 8.09. The number of nitrogens with zero attached hydrogens (tertiary/aromatic N) is 5. The van der Waals surface area contributed by atoms with E-state index in [4.69, 9.17) is 15.5 Å². The van der Waals surface area contributed by atoms with E-state index in [-0.39, 0.29) is 0 Å². The molecule has 3 aromatic rings. The number of fused-ring (bicyclic) bond motifs is 1. The van der Waals surface area contributed by atoms with E-state index in [0.29, 0.717) is 12.5 Å². The van der Waals surface area contributed by atoms with E-state index in [0.717, 1.165) is 73.9 Å². The first-order chi connectivity index (χ1) is 14.8. The molecule has 0 radical (unpaired) electrons. The molecular formula is C23H28N6O. The highest BCUT2D eigenvalue weighted by Crippen LogP contribution is 2.31. The van der Waals surface area contributed by atoms with Crippen molar-refractivity contribution in [3.8, 4) is 11.3 Å². The van der Waals surface area contributed by atoms with Crippen molar-refractivity contribution in [3.05, 3.63) is 42.7 Å². The molecule has 0 bridgehead atoms. The fourth-order valence-electron chi connectivity index (χ4n) is 4.44. The van der Waals surface area contributed by atoms with Gasteiger partial charge in [0.05, 0.1) is 24.4 Å². The zero-order chi connectivity index (χ0) is 20.3. The molecule has 2 aliphatic heterocycles. The molecule has 2 N–H and O–H groups in total. The summed E-state index contributed by atoms with van der Waals surface area (Å²) in [5.41, 5.74) is 11.0. The smallest absolute Gasteiger partial charge is 0.157 e. The van der Waals surface area contributed by atoms with Crippen molar-refractivity contribution < 1.29 is 4.74 Å². The van der Waals surface area contributed by atoms with Gasteiger partial charge in [0, 0.05) is 49.8 Å². The Hall–Kier alpha value is -2.77. The Morgan fingerprint density at radius 3 is 2.60 bits per heavy atom. The van der Waals surface area contributed by atoms with Gasteiger partial charge in [0.25, 0.3) is 0 Å². The van der Waals surface area contributed by atoms with E-state index in [9.17, 15) is 0 Å². The zero-order valence-electron chi connectivity index (χ0n) is 17.2. The average molecular weight is 405 g/mol. The van der Waals surface area contributed by atoms with Crippen molar-refractivity contribution in [2.45, 2.75) is 12.8 Å². The molecule has 2 saturated heterocycles. The summed E-state index contributed by atoms with van der Waals surface area (Å²) >= 11 is 0. The number of ether oxygens (including phenoxy) is 1. The molecule has 1 atom stereocenters. The van der Waals surface area contributed by atoms with Gasteiger partial charge < -0.3 is 20.3 Å². The zero-order valence-corrected chi connectivity index (χ0v) is 17.2. The number of rotatable bonds is 4. The van der Waals surface area contributed by atoms with Crippen LogP contribution in [0.25, 0.3) is 22.3 Å². The van der Waals surface area contributed by atoms with Crippen LogP contribution in [0, 0.1) is 5.92 Å². The minimum absolute atomic E-state index is 0.503. The summed E-state index contributed by atoms with van der Waals surface area (Å²) in [6, 6.07) is 10.7. The fraction of sp³-hybridized carbons (Fsp3) is 0.435. The third-order valence-corrected chi connectivity index (χ3v) is 6.13. The predicted molar refractivity (Wildman–Crippen MR) is 120 cm³/mol. The Balaban J connectivity index is 1.50. The van der Waals surface area contributed by atoms with E-state index in [1.807, 2.05) is 6.07 Å². The lowest BCUT2D eigenvalue weighted by atomic mass is 9.98. The van der Waals surface area contributed by atoms with Crippen LogP contribution in [-0.4, -0.2) is 60.9 Å². The highest BCUT2D eigenvalue weighted by atomic mass is 16.5. The molecule has 2 aromatic heterocycles. The van der Waals surface area contributed by atoms with Crippen LogP contribution < -0.4 is 15.5 Å². The van der Waals surface area contributed by atoms with Crippen molar-refractivity contribution in [3.63, 3.8) is 0 Å². The molecule has 4 heterocycles. The van der Waals surface area contributed by atoms with Crippen molar-refractivity contribution in [2.24, 2.45) is 11.7 Å². The first kappa shape index (κ1) is 19.2. The van der Waals surface area contributed by atoms with Gasteiger partial charge in [0.1, 0.15) is 5.52 Å². The van der Waals surface area contributed by atoms with Crippen LogP contribution in [0.4, 0.5) is 11.5 Å². The lowest BCUT2D eigenvalue weighted by Crippen LogP contribution is -2.39. The van der Waals surface area contributed by atoms with Gasteiger partial charge in [-0.15, -0.1) is 0 Å². The third-order valence-electron chi connectivity index (χ3n) is 6.13. The fourth-order valence-corrected chi connectivity index (χ4v) is 4.44. The van der Waals surface area contributed by atoms with Crippen LogP contribution in [0.15, 0.2) is 42.7 Å². The molecule has 1 unspecified atom stereocenters. The number of anilines is 2. The van der Waals surface area contributed by atoms with Gasteiger partial charge >= 0.3 is 0 Å². The summed E-state index contributed by atoms with van der Waals surface area (Å²) in [5, 5.41) is 0. The van der Waals surface area contributed by atoms with Gasteiger partial charge in [-0.1, -0.05) is 12.1 Å². The van der Waals surface area contributed by atoms with Crippen LogP contribution in [0.2, 0.25) is 0 Å². The Kier molecular flexibility index (Phi) is 5.46. The second kappa shape index (κ2) is 8.53. The monoisotopic (exact) mass is 404 g/mol. The molecule has 2 aliphatic rings. The van der Waals surface area contributed by atoms with Crippen LogP contribution in [0.5, 0.6) is 0 Å².